The summed E-state index contributed by atoms with van der Waals surface area (Å²) in [4.78, 5) is 28.8. The van der Waals surface area contributed by atoms with Crippen LogP contribution in [0.25, 0.3) is 10.6 Å². The molecule has 0 radical (unpaired) electrons. The predicted octanol–water partition coefficient (Wildman–Crippen LogP) is 4.60. The Kier molecular flexibility index (Phi) is 6.76. The standard InChI is InChI=1S/C19H17BrN2O3S2/c1-25-18(24)9-16(12-3-2-4-14(20)7-12)22-17(23)8-15-11-27-19(21-15)13-5-6-26-10-13/h2-7,10-11,16H,8-9H2,1H3,(H,22,23). The first-order valence-corrected chi connectivity index (χ1v) is 10.8. The number of thiazole rings is 1. The Morgan fingerprint density at radius 3 is 2.85 bits per heavy atom. The van der Waals surface area contributed by atoms with Gasteiger partial charge in [0.05, 0.1) is 31.7 Å². The van der Waals surface area contributed by atoms with E-state index in [1.807, 2.05) is 46.5 Å². The lowest BCUT2D eigenvalue weighted by atomic mass is 10.0. The van der Waals surface area contributed by atoms with Crippen molar-refractivity contribution >= 4 is 50.5 Å². The summed E-state index contributed by atoms with van der Waals surface area (Å²) in [7, 11) is 1.34. The van der Waals surface area contributed by atoms with Crippen LogP contribution in [0.5, 0.6) is 0 Å². The molecular formula is C19H17BrN2O3S2. The second-order valence-electron chi connectivity index (χ2n) is 5.79. The highest BCUT2D eigenvalue weighted by molar-refractivity contribution is 9.10. The fraction of sp³-hybridized carbons (Fsp3) is 0.211. The van der Waals surface area contributed by atoms with E-state index in [4.69, 9.17) is 4.74 Å². The molecule has 0 aliphatic rings. The van der Waals surface area contributed by atoms with Gasteiger partial charge in [-0.25, -0.2) is 4.98 Å². The number of carbonyl (C=O) groups is 2. The van der Waals surface area contributed by atoms with Gasteiger partial charge in [-0.3, -0.25) is 9.59 Å². The van der Waals surface area contributed by atoms with Crippen molar-refractivity contribution in [3.63, 3.8) is 0 Å². The number of carbonyl (C=O) groups excluding carboxylic acids is 2. The van der Waals surface area contributed by atoms with Crippen molar-refractivity contribution in [2.24, 2.45) is 0 Å². The van der Waals surface area contributed by atoms with E-state index < -0.39 is 6.04 Å². The van der Waals surface area contributed by atoms with E-state index >= 15 is 0 Å². The average Bonchev–Trinajstić information content (AvgIpc) is 3.32. The van der Waals surface area contributed by atoms with E-state index in [2.05, 4.69) is 26.2 Å². The average molecular weight is 465 g/mol. The fourth-order valence-electron chi connectivity index (χ4n) is 2.54. The van der Waals surface area contributed by atoms with Crippen LogP contribution in [0.3, 0.4) is 0 Å². The van der Waals surface area contributed by atoms with Gasteiger partial charge in [-0.05, 0) is 29.1 Å². The molecule has 27 heavy (non-hydrogen) atoms. The van der Waals surface area contributed by atoms with Crippen LogP contribution in [0.15, 0.2) is 50.9 Å². The SMILES string of the molecule is COC(=O)CC(NC(=O)Cc1csc(-c2ccsc2)n1)c1cccc(Br)c1. The van der Waals surface area contributed by atoms with Gasteiger partial charge in [0.15, 0.2) is 0 Å². The van der Waals surface area contributed by atoms with Crippen LogP contribution in [0.1, 0.15) is 23.7 Å². The topological polar surface area (TPSA) is 68.3 Å². The molecule has 1 atom stereocenters. The van der Waals surface area contributed by atoms with Crippen LogP contribution in [0, 0.1) is 0 Å². The van der Waals surface area contributed by atoms with Crippen molar-refractivity contribution in [2.45, 2.75) is 18.9 Å². The molecule has 8 heteroatoms. The zero-order valence-corrected chi connectivity index (χ0v) is 17.7. The maximum Gasteiger partial charge on any atom is 0.307 e. The summed E-state index contributed by atoms with van der Waals surface area (Å²) in [6.45, 7) is 0. The van der Waals surface area contributed by atoms with E-state index in [-0.39, 0.29) is 24.7 Å². The molecule has 2 aromatic heterocycles. The molecule has 0 saturated heterocycles. The van der Waals surface area contributed by atoms with E-state index in [0.717, 1.165) is 20.6 Å². The quantitative estimate of drug-likeness (QED) is 0.518. The van der Waals surface area contributed by atoms with Crippen molar-refractivity contribution in [1.29, 1.82) is 0 Å². The number of benzene rings is 1. The Morgan fingerprint density at radius 2 is 2.15 bits per heavy atom. The number of amides is 1. The van der Waals surface area contributed by atoms with Crippen LogP contribution in [0.4, 0.5) is 0 Å². The van der Waals surface area contributed by atoms with Crippen molar-refractivity contribution in [1.82, 2.24) is 10.3 Å². The maximum atomic E-state index is 12.5. The van der Waals surface area contributed by atoms with E-state index in [9.17, 15) is 9.59 Å². The number of hydrogen-bond donors (Lipinski definition) is 1. The van der Waals surface area contributed by atoms with Gasteiger partial charge in [0.1, 0.15) is 5.01 Å². The molecular weight excluding hydrogens is 448 g/mol. The van der Waals surface area contributed by atoms with Gasteiger partial charge in [0, 0.05) is 20.8 Å². The summed E-state index contributed by atoms with van der Waals surface area (Å²) in [5.41, 5.74) is 2.61. The lowest BCUT2D eigenvalue weighted by Gasteiger charge is -2.18. The molecule has 3 rings (SSSR count). The van der Waals surface area contributed by atoms with Gasteiger partial charge in [-0.1, -0.05) is 28.1 Å². The molecule has 3 aromatic rings. The van der Waals surface area contributed by atoms with E-state index in [1.54, 1.807) is 11.3 Å². The minimum absolute atomic E-state index is 0.0654. The van der Waals surface area contributed by atoms with Crippen LogP contribution < -0.4 is 5.32 Å². The molecule has 1 unspecified atom stereocenters. The van der Waals surface area contributed by atoms with E-state index in [1.165, 1.54) is 18.4 Å². The number of thiophene rings is 1. The summed E-state index contributed by atoms with van der Waals surface area (Å²) < 4.78 is 5.64. The van der Waals surface area contributed by atoms with Gasteiger partial charge in [-0.2, -0.15) is 11.3 Å². The highest BCUT2D eigenvalue weighted by atomic mass is 79.9. The third-order valence-electron chi connectivity index (χ3n) is 3.85. The molecule has 0 bridgehead atoms. The Bertz CT molecular complexity index is 925. The number of hydrogen-bond acceptors (Lipinski definition) is 6. The van der Waals surface area contributed by atoms with Gasteiger partial charge < -0.3 is 10.1 Å². The molecule has 0 saturated carbocycles. The fourth-order valence-corrected chi connectivity index (χ4v) is 4.49. The molecule has 0 spiro atoms. The van der Waals surface area contributed by atoms with Gasteiger partial charge in [0.2, 0.25) is 5.91 Å². The first kappa shape index (κ1) is 19.7. The Labute approximate surface area is 173 Å². The molecule has 2 heterocycles. The number of aromatic nitrogens is 1. The minimum atomic E-state index is -0.461. The normalized spacial score (nSPS) is 11.8. The number of nitrogens with zero attached hydrogens (tertiary/aromatic N) is 1. The van der Waals surface area contributed by atoms with Crippen molar-refractivity contribution < 1.29 is 14.3 Å². The maximum absolute atomic E-state index is 12.5. The van der Waals surface area contributed by atoms with Crippen molar-refractivity contribution in [2.75, 3.05) is 7.11 Å². The largest absolute Gasteiger partial charge is 0.469 e. The van der Waals surface area contributed by atoms with Crippen LogP contribution >= 0.6 is 38.6 Å². The summed E-state index contributed by atoms with van der Waals surface area (Å²) >= 11 is 6.55. The van der Waals surface area contributed by atoms with Gasteiger partial charge in [0.25, 0.3) is 0 Å². The number of nitrogens with one attached hydrogen (secondary N) is 1. The zero-order chi connectivity index (χ0) is 19.2. The number of ether oxygens (including phenoxy) is 1. The number of methoxy groups -OCH3 is 1. The summed E-state index contributed by atoms with van der Waals surface area (Å²) in [6, 6.07) is 9.05. The van der Waals surface area contributed by atoms with Crippen molar-refractivity contribution in [3.05, 3.63) is 62.2 Å². The lowest BCUT2D eigenvalue weighted by Crippen LogP contribution is -2.31. The third kappa shape index (κ3) is 5.47. The number of rotatable bonds is 7. The highest BCUT2D eigenvalue weighted by Gasteiger charge is 2.20. The molecule has 0 aliphatic heterocycles. The summed E-state index contributed by atoms with van der Waals surface area (Å²) in [5.74, 6) is -0.570. The smallest absolute Gasteiger partial charge is 0.307 e. The minimum Gasteiger partial charge on any atom is -0.469 e. The number of esters is 1. The predicted molar refractivity (Wildman–Crippen MR) is 111 cm³/mol. The second-order valence-corrected chi connectivity index (χ2v) is 8.34. The molecule has 1 amide bonds. The molecule has 5 nitrogen and oxygen atoms in total. The van der Waals surface area contributed by atoms with Gasteiger partial charge >= 0.3 is 5.97 Å². The zero-order valence-electron chi connectivity index (χ0n) is 14.5. The van der Waals surface area contributed by atoms with Crippen LogP contribution in [-0.4, -0.2) is 24.0 Å². The number of halogens is 1. The van der Waals surface area contributed by atoms with Crippen molar-refractivity contribution in [3.8, 4) is 10.6 Å². The third-order valence-corrected chi connectivity index (χ3v) is 5.96. The Hall–Kier alpha value is -2.03. The molecule has 140 valence electrons. The lowest BCUT2D eigenvalue weighted by molar-refractivity contribution is -0.141. The second kappa shape index (κ2) is 9.25. The summed E-state index contributed by atoms with van der Waals surface area (Å²) in [6.07, 6.45) is 0.224. The van der Waals surface area contributed by atoms with Crippen LogP contribution in [0.2, 0.25) is 0 Å². The Balaban J connectivity index is 1.69. The first-order chi connectivity index (χ1) is 13.0. The first-order valence-electron chi connectivity index (χ1n) is 8.14. The highest BCUT2D eigenvalue weighted by Crippen LogP contribution is 2.26. The summed E-state index contributed by atoms with van der Waals surface area (Å²) in [5, 5.41) is 9.74. The molecule has 1 N–H and O–H groups in total. The molecule has 1 aromatic carbocycles. The van der Waals surface area contributed by atoms with Gasteiger partial charge in [-0.15, -0.1) is 11.3 Å². The van der Waals surface area contributed by atoms with Crippen LogP contribution in [-0.2, 0) is 20.7 Å². The molecule has 0 aliphatic carbocycles. The van der Waals surface area contributed by atoms with E-state index in [0.29, 0.717) is 5.69 Å². The Morgan fingerprint density at radius 1 is 1.30 bits per heavy atom. The molecule has 0 fully saturated rings. The monoisotopic (exact) mass is 464 g/mol.